The topological polar surface area (TPSA) is 77.8 Å². The second kappa shape index (κ2) is 5.49. The maximum atomic E-state index is 11.1. The molecule has 0 unspecified atom stereocenters. The number of hydrogen-bond donors (Lipinski definition) is 2. The van der Waals surface area contributed by atoms with E-state index in [2.05, 4.69) is 18.7 Å². The van der Waals surface area contributed by atoms with Gasteiger partial charge in [-0.1, -0.05) is 13.8 Å². The lowest BCUT2D eigenvalue weighted by Gasteiger charge is -2.36. The van der Waals surface area contributed by atoms with Gasteiger partial charge in [0.25, 0.3) is 0 Å². The average Bonchev–Trinajstić information content (AvgIpc) is 2.26. The van der Waals surface area contributed by atoms with Gasteiger partial charge in [0, 0.05) is 0 Å². The van der Waals surface area contributed by atoms with E-state index in [0.29, 0.717) is 19.0 Å². The first-order valence-electron chi connectivity index (χ1n) is 6.07. The molecule has 0 atom stereocenters. The third-order valence-electron chi connectivity index (χ3n) is 3.55. The maximum Gasteiger partial charge on any atom is 0.321 e. The van der Waals surface area contributed by atoms with E-state index in [0.717, 1.165) is 13.0 Å². The molecule has 0 amide bonds. The van der Waals surface area contributed by atoms with Crippen molar-refractivity contribution in [2.24, 2.45) is 11.3 Å². The molecule has 0 aromatic carbocycles. The van der Waals surface area contributed by atoms with Crippen molar-refractivity contribution in [1.29, 1.82) is 0 Å². The molecule has 1 saturated heterocycles. The first-order valence-corrected chi connectivity index (χ1v) is 6.07. The predicted molar refractivity (Wildman–Crippen MR) is 62.8 cm³/mol. The third kappa shape index (κ3) is 3.19. The molecule has 0 aromatic heterocycles. The summed E-state index contributed by atoms with van der Waals surface area (Å²) < 4.78 is 0. The molecule has 2 N–H and O–H groups in total. The molecule has 0 spiro atoms. The monoisotopic (exact) mass is 243 g/mol. The Labute approximate surface area is 101 Å². The number of carboxylic acids is 2. The second-order valence-corrected chi connectivity index (χ2v) is 5.22. The molecule has 1 rings (SSSR count). The number of carbonyl (C=O) groups is 2. The van der Waals surface area contributed by atoms with Crippen molar-refractivity contribution in [1.82, 2.24) is 4.90 Å². The van der Waals surface area contributed by atoms with Crippen molar-refractivity contribution >= 4 is 11.9 Å². The average molecular weight is 243 g/mol. The molecule has 1 aliphatic rings. The summed E-state index contributed by atoms with van der Waals surface area (Å²) in [4.78, 5) is 24.3. The van der Waals surface area contributed by atoms with E-state index < -0.39 is 17.4 Å². The summed E-state index contributed by atoms with van der Waals surface area (Å²) in [6.07, 6.45) is 1.47. The highest BCUT2D eigenvalue weighted by atomic mass is 16.4. The highest BCUT2D eigenvalue weighted by Gasteiger charge is 2.48. The van der Waals surface area contributed by atoms with Gasteiger partial charge in [-0.05, 0) is 44.8 Å². The Kier molecular flexibility index (Phi) is 4.51. The molecule has 0 saturated carbocycles. The summed E-state index contributed by atoms with van der Waals surface area (Å²) in [6, 6.07) is 0. The van der Waals surface area contributed by atoms with Gasteiger partial charge >= 0.3 is 11.9 Å². The summed E-state index contributed by atoms with van der Waals surface area (Å²) in [5.41, 5.74) is -1.56. The number of likely N-dealkylation sites (tertiary alicyclic amines) is 1. The Morgan fingerprint density at radius 2 is 1.65 bits per heavy atom. The lowest BCUT2D eigenvalue weighted by molar-refractivity contribution is -0.168. The van der Waals surface area contributed by atoms with E-state index in [-0.39, 0.29) is 12.8 Å². The molecular weight excluding hydrogens is 222 g/mol. The van der Waals surface area contributed by atoms with Crippen molar-refractivity contribution in [3.8, 4) is 0 Å². The van der Waals surface area contributed by atoms with Crippen LogP contribution in [0.4, 0.5) is 0 Å². The van der Waals surface area contributed by atoms with E-state index in [9.17, 15) is 9.59 Å². The van der Waals surface area contributed by atoms with E-state index in [1.165, 1.54) is 0 Å². The Hall–Kier alpha value is -1.10. The van der Waals surface area contributed by atoms with Gasteiger partial charge in [-0.2, -0.15) is 0 Å². The van der Waals surface area contributed by atoms with Crippen LogP contribution in [-0.2, 0) is 9.59 Å². The van der Waals surface area contributed by atoms with Gasteiger partial charge in [-0.15, -0.1) is 0 Å². The molecule has 0 bridgehead atoms. The number of nitrogens with zero attached hydrogens (tertiary/aromatic N) is 1. The number of piperidine rings is 1. The molecule has 0 aromatic rings. The van der Waals surface area contributed by atoms with Crippen molar-refractivity contribution in [3.63, 3.8) is 0 Å². The number of rotatable bonds is 5. The predicted octanol–water partition coefficient (Wildman–Crippen LogP) is 1.28. The molecule has 5 nitrogen and oxygen atoms in total. The van der Waals surface area contributed by atoms with Gasteiger partial charge < -0.3 is 15.1 Å². The van der Waals surface area contributed by atoms with Gasteiger partial charge in [0.15, 0.2) is 5.41 Å². The van der Waals surface area contributed by atoms with E-state index >= 15 is 0 Å². The van der Waals surface area contributed by atoms with E-state index in [4.69, 9.17) is 10.2 Å². The fraction of sp³-hybridized carbons (Fsp3) is 0.833. The first-order chi connectivity index (χ1) is 7.88. The van der Waals surface area contributed by atoms with Crippen LogP contribution < -0.4 is 0 Å². The van der Waals surface area contributed by atoms with Gasteiger partial charge in [-0.3, -0.25) is 9.59 Å². The van der Waals surface area contributed by atoms with Crippen LogP contribution in [0.3, 0.4) is 0 Å². The summed E-state index contributed by atoms with van der Waals surface area (Å²) in [6.45, 7) is 6.33. The minimum Gasteiger partial charge on any atom is -0.480 e. The fourth-order valence-electron chi connectivity index (χ4n) is 2.12. The van der Waals surface area contributed by atoms with Gasteiger partial charge in [0.1, 0.15) is 0 Å². The number of hydrogen-bond acceptors (Lipinski definition) is 3. The zero-order valence-corrected chi connectivity index (χ0v) is 10.5. The molecule has 1 aliphatic heterocycles. The molecular formula is C12H21NO4. The summed E-state index contributed by atoms with van der Waals surface area (Å²) in [7, 11) is 0. The van der Waals surface area contributed by atoms with Crippen LogP contribution in [-0.4, -0.2) is 46.7 Å². The van der Waals surface area contributed by atoms with E-state index in [1.54, 1.807) is 0 Å². The van der Waals surface area contributed by atoms with Crippen LogP contribution in [0, 0.1) is 11.3 Å². The van der Waals surface area contributed by atoms with Crippen molar-refractivity contribution in [3.05, 3.63) is 0 Å². The Bertz CT molecular complexity index is 277. The van der Waals surface area contributed by atoms with Crippen LogP contribution in [0.5, 0.6) is 0 Å². The molecule has 1 heterocycles. The van der Waals surface area contributed by atoms with E-state index in [1.807, 2.05) is 0 Å². The standard InChI is InChI=1S/C12H21NO4/c1-9(2)3-6-13-7-4-12(5-8-13,10(14)15)11(16)17/h9H,3-8H2,1-2H3,(H,14,15)(H,16,17). The highest BCUT2D eigenvalue weighted by molar-refractivity contribution is 5.98. The lowest BCUT2D eigenvalue weighted by atomic mass is 9.78. The van der Waals surface area contributed by atoms with Crippen LogP contribution in [0.15, 0.2) is 0 Å². The molecule has 17 heavy (non-hydrogen) atoms. The Morgan fingerprint density at radius 3 is 2.00 bits per heavy atom. The zero-order chi connectivity index (χ0) is 13.1. The van der Waals surface area contributed by atoms with Crippen LogP contribution in [0.2, 0.25) is 0 Å². The smallest absolute Gasteiger partial charge is 0.321 e. The molecule has 98 valence electrons. The Morgan fingerprint density at radius 1 is 1.18 bits per heavy atom. The third-order valence-corrected chi connectivity index (χ3v) is 3.55. The van der Waals surface area contributed by atoms with Crippen LogP contribution in [0.1, 0.15) is 33.1 Å². The number of carboxylic acid groups (broad SMARTS) is 2. The summed E-state index contributed by atoms with van der Waals surface area (Å²) in [5, 5.41) is 18.1. The first kappa shape index (κ1) is 14.0. The normalized spacial score (nSPS) is 20.4. The molecule has 1 fully saturated rings. The largest absolute Gasteiger partial charge is 0.480 e. The fourth-order valence-corrected chi connectivity index (χ4v) is 2.12. The second-order valence-electron chi connectivity index (χ2n) is 5.22. The molecule has 5 heteroatoms. The van der Waals surface area contributed by atoms with Gasteiger partial charge in [-0.25, -0.2) is 0 Å². The molecule has 0 aliphatic carbocycles. The van der Waals surface area contributed by atoms with Crippen molar-refractivity contribution in [2.75, 3.05) is 19.6 Å². The SMILES string of the molecule is CC(C)CCN1CCC(C(=O)O)(C(=O)O)CC1. The molecule has 0 radical (unpaired) electrons. The number of aliphatic carboxylic acids is 2. The maximum absolute atomic E-state index is 11.1. The Balaban J connectivity index is 2.53. The highest BCUT2D eigenvalue weighted by Crippen LogP contribution is 2.32. The summed E-state index contributed by atoms with van der Waals surface area (Å²) >= 11 is 0. The minimum atomic E-state index is -1.56. The minimum absolute atomic E-state index is 0.204. The van der Waals surface area contributed by atoms with Gasteiger partial charge in [0.05, 0.1) is 0 Å². The lowest BCUT2D eigenvalue weighted by Crippen LogP contribution is -2.49. The van der Waals surface area contributed by atoms with Crippen LogP contribution in [0.25, 0.3) is 0 Å². The van der Waals surface area contributed by atoms with Crippen LogP contribution >= 0.6 is 0 Å². The van der Waals surface area contributed by atoms with Gasteiger partial charge in [0.2, 0.25) is 0 Å². The summed E-state index contributed by atoms with van der Waals surface area (Å²) in [5.74, 6) is -1.79. The zero-order valence-electron chi connectivity index (χ0n) is 10.5. The quantitative estimate of drug-likeness (QED) is 0.711. The van der Waals surface area contributed by atoms with Crippen molar-refractivity contribution < 1.29 is 19.8 Å². The van der Waals surface area contributed by atoms with Crippen molar-refractivity contribution in [2.45, 2.75) is 33.1 Å².